The number of carbonyl (C=O) groups excluding carboxylic acids is 1. The summed E-state index contributed by atoms with van der Waals surface area (Å²) in [6, 6.07) is 9.55. The summed E-state index contributed by atoms with van der Waals surface area (Å²) >= 11 is 0. The zero-order valence-electron chi connectivity index (χ0n) is 18.0. The van der Waals surface area contributed by atoms with Crippen LogP contribution in [0.4, 0.5) is 17.2 Å². The highest BCUT2D eigenvalue weighted by Gasteiger charge is 2.23. The van der Waals surface area contributed by atoms with E-state index in [0.29, 0.717) is 49.6 Å². The number of nitrogens with zero attached hydrogens (tertiary/aromatic N) is 4. The number of ether oxygens (including phenoxy) is 1. The van der Waals surface area contributed by atoms with Gasteiger partial charge in [0, 0.05) is 42.4 Å². The first kappa shape index (κ1) is 20.7. The Morgan fingerprint density at radius 2 is 1.81 bits per heavy atom. The Morgan fingerprint density at radius 1 is 1.09 bits per heavy atom. The van der Waals surface area contributed by atoms with E-state index in [9.17, 15) is 4.79 Å². The monoisotopic (exact) mass is 435 g/mol. The fraction of sp³-hybridized carbons (Fsp3) is 0.435. The first-order chi connectivity index (χ1) is 15.6. The van der Waals surface area contributed by atoms with Gasteiger partial charge < -0.3 is 26.4 Å². The molecule has 0 atom stereocenters. The number of fused-ring (bicyclic) bond motifs is 1. The minimum atomic E-state index is 0.0282. The van der Waals surface area contributed by atoms with Crippen LogP contribution in [0, 0.1) is 0 Å². The normalized spacial score (nSPS) is 21.6. The number of aromatic nitrogens is 3. The van der Waals surface area contributed by atoms with Crippen molar-refractivity contribution in [2.45, 2.75) is 37.6 Å². The van der Waals surface area contributed by atoms with Crippen molar-refractivity contribution in [3.63, 3.8) is 0 Å². The van der Waals surface area contributed by atoms with Crippen LogP contribution < -0.4 is 16.8 Å². The lowest BCUT2D eigenvalue weighted by Crippen LogP contribution is -2.40. The number of nitrogen functional groups attached to an aromatic ring is 1. The Morgan fingerprint density at radius 3 is 2.53 bits per heavy atom. The number of hydrogen-bond donors (Lipinski definition) is 3. The van der Waals surface area contributed by atoms with Crippen LogP contribution in [-0.4, -0.2) is 57.8 Å². The third-order valence-corrected chi connectivity index (χ3v) is 6.36. The number of morpholine rings is 1. The molecule has 1 amide bonds. The van der Waals surface area contributed by atoms with Gasteiger partial charge in [-0.05, 0) is 49.9 Å². The van der Waals surface area contributed by atoms with Gasteiger partial charge in [-0.3, -0.25) is 4.79 Å². The molecule has 9 nitrogen and oxygen atoms in total. The van der Waals surface area contributed by atoms with Crippen molar-refractivity contribution >= 4 is 28.7 Å². The summed E-state index contributed by atoms with van der Waals surface area (Å²) in [4.78, 5) is 19.4. The Hall–Kier alpha value is -3.17. The molecule has 3 aromatic rings. The van der Waals surface area contributed by atoms with Gasteiger partial charge in [-0.15, -0.1) is 5.10 Å². The van der Waals surface area contributed by atoms with Crippen molar-refractivity contribution in [2.75, 3.05) is 37.4 Å². The maximum absolute atomic E-state index is 12.7. The lowest BCUT2D eigenvalue weighted by molar-refractivity contribution is 0.0303. The number of carbonyl (C=O) groups is 1. The number of nitrogens with two attached hydrogens (primary N) is 2. The lowest BCUT2D eigenvalue weighted by atomic mass is 9.85. The Bertz CT molecular complexity index is 1100. The van der Waals surface area contributed by atoms with Crippen molar-refractivity contribution in [1.82, 2.24) is 19.5 Å². The molecule has 5 rings (SSSR count). The highest BCUT2D eigenvalue weighted by molar-refractivity contribution is 5.94. The number of anilines is 3. The molecule has 0 unspecified atom stereocenters. The van der Waals surface area contributed by atoms with Gasteiger partial charge in [0.25, 0.3) is 5.91 Å². The maximum atomic E-state index is 12.7. The average molecular weight is 436 g/mol. The van der Waals surface area contributed by atoms with Crippen molar-refractivity contribution in [1.29, 1.82) is 0 Å². The molecule has 2 fully saturated rings. The van der Waals surface area contributed by atoms with E-state index in [1.165, 1.54) is 0 Å². The third-order valence-electron chi connectivity index (χ3n) is 6.36. The summed E-state index contributed by atoms with van der Waals surface area (Å²) in [5, 5.41) is 7.79. The fourth-order valence-corrected chi connectivity index (χ4v) is 4.52. The van der Waals surface area contributed by atoms with Gasteiger partial charge in [0.2, 0.25) is 0 Å². The predicted octanol–water partition coefficient (Wildman–Crippen LogP) is 2.51. The summed E-state index contributed by atoms with van der Waals surface area (Å²) in [5.41, 5.74) is 16.2. The smallest absolute Gasteiger partial charge is 0.254 e. The zero-order chi connectivity index (χ0) is 22.1. The average Bonchev–Trinajstić information content (AvgIpc) is 3.24. The van der Waals surface area contributed by atoms with E-state index in [1.807, 2.05) is 35.4 Å². The molecule has 3 heterocycles. The number of amides is 1. The molecular formula is C23H29N7O2. The highest BCUT2D eigenvalue weighted by atomic mass is 16.5. The van der Waals surface area contributed by atoms with Crippen molar-refractivity contribution in [3.05, 3.63) is 47.8 Å². The molecule has 168 valence electrons. The molecule has 1 saturated carbocycles. The maximum Gasteiger partial charge on any atom is 0.254 e. The number of rotatable bonds is 4. The molecule has 32 heavy (non-hydrogen) atoms. The molecule has 5 N–H and O–H groups in total. The van der Waals surface area contributed by atoms with Gasteiger partial charge in [0.15, 0.2) is 5.65 Å². The van der Waals surface area contributed by atoms with Crippen molar-refractivity contribution in [2.24, 2.45) is 5.73 Å². The summed E-state index contributed by atoms with van der Waals surface area (Å²) in [6.45, 7) is 2.43. The second-order valence-corrected chi connectivity index (χ2v) is 8.64. The quantitative estimate of drug-likeness (QED) is 0.575. The second-order valence-electron chi connectivity index (χ2n) is 8.64. The standard InChI is InChI=1S/C23H29N7O2/c24-17-5-1-15(2-6-17)20-14-30-22(27-20)19(13-21(25)28-30)26-18-7-3-16(4-8-18)23(31)29-9-11-32-12-10-29/h3-4,7-8,13-15,17,26H,1-2,5-6,9-12,24H2,(H2,25,28)/t15-,17+. The first-order valence-electron chi connectivity index (χ1n) is 11.2. The zero-order valence-corrected chi connectivity index (χ0v) is 18.0. The predicted molar refractivity (Wildman–Crippen MR) is 123 cm³/mol. The molecule has 0 spiro atoms. The SMILES string of the molecule is Nc1cc(Nc2ccc(C(=O)N3CCOCC3)cc2)c2nc([C@H]3CC[C@@H](N)CC3)cn2n1. The Balaban J connectivity index is 1.35. The molecule has 1 aliphatic heterocycles. The van der Waals surface area contributed by atoms with E-state index in [4.69, 9.17) is 21.2 Å². The molecule has 1 aliphatic carbocycles. The van der Waals surface area contributed by atoms with Crippen LogP contribution in [-0.2, 0) is 4.74 Å². The van der Waals surface area contributed by atoms with E-state index >= 15 is 0 Å². The van der Waals surface area contributed by atoms with E-state index in [-0.39, 0.29) is 5.91 Å². The van der Waals surface area contributed by atoms with Crippen LogP contribution in [0.15, 0.2) is 36.5 Å². The van der Waals surface area contributed by atoms with Crippen LogP contribution >= 0.6 is 0 Å². The minimum absolute atomic E-state index is 0.0282. The van der Waals surface area contributed by atoms with Crippen LogP contribution in [0.2, 0.25) is 0 Å². The Kier molecular flexibility index (Phi) is 5.67. The van der Waals surface area contributed by atoms with Gasteiger partial charge in [0.1, 0.15) is 5.82 Å². The van der Waals surface area contributed by atoms with Crippen LogP contribution in [0.1, 0.15) is 47.7 Å². The number of nitrogens with one attached hydrogen (secondary N) is 1. The van der Waals surface area contributed by atoms with Gasteiger partial charge in [0.05, 0.1) is 30.8 Å². The molecule has 0 bridgehead atoms. The summed E-state index contributed by atoms with van der Waals surface area (Å²) in [7, 11) is 0. The molecule has 1 saturated heterocycles. The minimum Gasteiger partial charge on any atom is -0.382 e. The molecular weight excluding hydrogens is 406 g/mol. The van der Waals surface area contributed by atoms with Gasteiger partial charge in [-0.25, -0.2) is 9.50 Å². The van der Waals surface area contributed by atoms with Gasteiger partial charge in [-0.2, -0.15) is 0 Å². The van der Waals surface area contributed by atoms with Crippen molar-refractivity contribution in [3.8, 4) is 0 Å². The number of benzene rings is 1. The van der Waals surface area contributed by atoms with E-state index in [0.717, 1.165) is 48.4 Å². The molecule has 2 aliphatic rings. The number of hydrogen-bond acceptors (Lipinski definition) is 7. The van der Waals surface area contributed by atoms with Gasteiger partial charge >= 0.3 is 0 Å². The van der Waals surface area contributed by atoms with Crippen LogP contribution in [0.3, 0.4) is 0 Å². The van der Waals surface area contributed by atoms with Crippen molar-refractivity contribution < 1.29 is 9.53 Å². The Labute approximate surface area is 186 Å². The second kappa shape index (κ2) is 8.76. The largest absolute Gasteiger partial charge is 0.382 e. The van der Waals surface area contributed by atoms with E-state index in [2.05, 4.69) is 10.4 Å². The molecule has 1 aromatic carbocycles. The van der Waals surface area contributed by atoms with E-state index < -0.39 is 0 Å². The number of imidazole rings is 1. The summed E-state index contributed by atoms with van der Waals surface area (Å²) < 4.78 is 7.08. The van der Waals surface area contributed by atoms with Crippen LogP contribution in [0.25, 0.3) is 5.65 Å². The molecule has 2 aromatic heterocycles. The molecule has 9 heteroatoms. The molecule has 0 radical (unpaired) electrons. The summed E-state index contributed by atoms with van der Waals surface area (Å²) in [6.07, 6.45) is 6.11. The topological polar surface area (TPSA) is 124 Å². The lowest BCUT2D eigenvalue weighted by Gasteiger charge is -2.26. The third kappa shape index (κ3) is 4.26. The van der Waals surface area contributed by atoms with Crippen LogP contribution in [0.5, 0.6) is 0 Å². The highest BCUT2D eigenvalue weighted by Crippen LogP contribution is 2.33. The van der Waals surface area contributed by atoms with E-state index in [1.54, 1.807) is 10.6 Å². The summed E-state index contributed by atoms with van der Waals surface area (Å²) in [5.74, 6) is 0.838. The fourth-order valence-electron chi connectivity index (χ4n) is 4.52. The first-order valence-corrected chi connectivity index (χ1v) is 11.2. The van der Waals surface area contributed by atoms with Gasteiger partial charge in [-0.1, -0.05) is 0 Å².